The van der Waals surface area contributed by atoms with Gasteiger partial charge in [-0.05, 0) is 23.6 Å². The van der Waals surface area contributed by atoms with E-state index >= 15 is 0 Å². The monoisotopic (exact) mass is 297 g/mol. The maximum Gasteiger partial charge on any atom is 0.196 e. The number of anilines is 1. The smallest absolute Gasteiger partial charge is 0.196 e. The molecule has 1 N–H and O–H groups in total. The van der Waals surface area contributed by atoms with E-state index in [-0.39, 0.29) is 5.88 Å². The highest BCUT2D eigenvalue weighted by Gasteiger charge is 2.16. The summed E-state index contributed by atoms with van der Waals surface area (Å²) in [6.45, 7) is 0. The molecule has 0 spiro atoms. The van der Waals surface area contributed by atoms with Crippen LogP contribution in [0.25, 0.3) is 10.8 Å². The predicted octanol–water partition coefficient (Wildman–Crippen LogP) is 3.68. The number of fused-ring (bicyclic) bond motifs is 1. The van der Waals surface area contributed by atoms with Crippen molar-refractivity contribution in [1.29, 1.82) is 0 Å². The molecule has 0 saturated heterocycles. The molecule has 0 heterocycles. The van der Waals surface area contributed by atoms with E-state index in [2.05, 4.69) is 5.32 Å². The van der Waals surface area contributed by atoms with Crippen LogP contribution in [-0.4, -0.2) is 14.3 Å². The van der Waals surface area contributed by atoms with Crippen molar-refractivity contribution in [2.75, 3.05) is 11.2 Å². The molecule has 0 aromatic heterocycles. The fourth-order valence-corrected chi connectivity index (χ4v) is 3.60. The van der Waals surface area contributed by atoms with Crippen molar-refractivity contribution < 1.29 is 8.42 Å². The van der Waals surface area contributed by atoms with Gasteiger partial charge in [0, 0.05) is 11.1 Å². The first-order valence-electron chi connectivity index (χ1n) is 6.66. The summed E-state index contributed by atoms with van der Waals surface area (Å²) in [4.78, 5) is 0.365. The third-order valence-corrected chi connectivity index (χ3v) is 4.88. The van der Waals surface area contributed by atoms with E-state index in [0.717, 1.165) is 16.5 Å². The highest BCUT2D eigenvalue weighted by molar-refractivity contribution is 7.91. The molecule has 0 atom stereocenters. The van der Waals surface area contributed by atoms with Crippen molar-refractivity contribution in [1.82, 2.24) is 0 Å². The first-order valence-corrected chi connectivity index (χ1v) is 8.31. The molecule has 3 nitrogen and oxygen atoms in total. The topological polar surface area (TPSA) is 46.2 Å². The Hall–Kier alpha value is -2.33. The molecule has 106 valence electrons. The van der Waals surface area contributed by atoms with E-state index < -0.39 is 9.84 Å². The van der Waals surface area contributed by atoms with Crippen LogP contribution in [-0.2, 0) is 9.84 Å². The summed E-state index contributed by atoms with van der Waals surface area (Å²) in [7, 11) is -3.40. The zero-order valence-corrected chi connectivity index (χ0v) is 12.2. The molecule has 0 aliphatic carbocycles. The Balaban J connectivity index is 1.94. The number of sulfone groups is 1. The minimum atomic E-state index is -3.40. The number of hydrogen-bond donors (Lipinski definition) is 1. The van der Waals surface area contributed by atoms with Crippen molar-refractivity contribution in [2.45, 2.75) is 4.90 Å². The Bertz CT molecular complexity index is 853. The van der Waals surface area contributed by atoms with Crippen molar-refractivity contribution in [3.05, 3.63) is 72.8 Å². The number of benzene rings is 3. The minimum Gasteiger partial charge on any atom is -0.371 e. The Kier molecular flexibility index (Phi) is 3.62. The van der Waals surface area contributed by atoms with Crippen LogP contribution in [0.4, 0.5) is 5.69 Å². The normalized spacial score (nSPS) is 11.4. The third-order valence-electron chi connectivity index (χ3n) is 3.32. The van der Waals surface area contributed by atoms with E-state index in [4.69, 9.17) is 0 Å². The SMILES string of the molecule is O=S(=O)(CNc1ccccc1)c1cccc2ccccc12. The molecule has 21 heavy (non-hydrogen) atoms. The van der Waals surface area contributed by atoms with E-state index in [1.54, 1.807) is 12.1 Å². The van der Waals surface area contributed by atoms with Gasteiger partial charge >= 0.3 is 0 Å². The van der Waals surface area contributed by atoms with Crippen LogP contribution < -0.4 is 5.32 Å². The highest BCUT2D eigenvalue weighted by atomic mass is 32.2. The summed E-state index contributed by atoms with van der Waals surface area (Å²) in [6, 6.07) is 22.2. The maximum absolute atomic E-state index is 12.6. The lowest BCUT2D eigenvalue weighted by Gasteiger charge is -2.10. The molecule has 0 aliphatic rings. The molecule has 0 fully saturated rings. The van der Waals surface area contributed by atoms with Gasteiger partial charge in [-0.25, -0.2) is 8.42 Å². The summed E-state index contributed by atoms with van der Waals surface area (Å²) in [5, 5.41) is 4.65. The van der Waals surface area contributed by atoms with Gasteiger partial charge in [-0.3, -0.25) is 0 Å². The van der Waals surface area contributed by atoms with Crippen LogP contribution in [0.5, 0.6) is 0 Å². The van der Waals surface area contributed by atoms with Crippen LogP contribution in [0.15, 0.2) is 77.7 Å². The fourth-order valence-electron chi connectivity index (χ4n) is 2.28. The molecule has 0 unspecified atom stereocenters. The third kappa shape index (κ3) is 2.90. The number of nitrogens with one attached hydrogen (secondary N) is 1. The summed E-state index contributed by atoms with van der Waals surface area (Å²) < 4.78 is 25.1. The molecule has 0 aliphatic heterocycles. The van der Waals surface area contributed by atoms with Crippen molar-refractivity contribution in [3.63, 3.8) is 0 Å². The molecule has 4 heteroatoms. The second-order valence-corrected chi connectivity index (χ2v) is 6.74. The second-order valence-electron chi connectivity index (χ2n) is 4.78. The van der Waals surface area contributed by atoms with Crippen LogP contribution in [0, 0.1) is 0 Å². The van der Waals surface area contributed by atoms with Crippen LogP contribution in [0.1, 0.15) is 0 Å². The molecule has 0 bridgehead atoms. The Morgan fingerprint density at radius 1 is 0.762 bits per heavy atom. The van der Waals surface area contributed by atoms with E-state index in [0.29, 0.717) is 4.90 Å². The molecular weight excluding hydrogens is 282 g/mol. The van der Waals surface area contributed by atoms with Gasteiger partial charge in [0.05, 0.1) is 4.90 Å². The van der Waals surface area contributed by atoms with Gasteiger partial charge in [0.25, 0.3) is 0 Å². The van der Waals surface area contributed by atoms with Gasteiger partial charge < -0.3 is 5.32 Å². The van der Waals surface area contributed by atoms with Crippen LogP contribution >= 0.6 is 0 Å². The largest absolute Gasteiger partial charge is 0.371 e. The quantitative estimate of drug-likeness (QED) is 0.799. The van der Waals surface area contributed by atoms with E-state index in [9.17, 15) is 8.42 Å². The van der Waals surface area contributed by atoms with Crippen molar-refractivity contribution in [2.24, 2.45) is 0 Å². The second kappa shape index (κ2) is 5.58. The zero-order chi connectivity index (χ0) is 14.7. The van der Waals surface area contributed by atoms with E-state index in [1.165, 1.54) is 0 Å². The van der Waals surface area contributed by atoms with Gasteiger partial charge in [0.1, 0.15) is 5.88 Å². The average Bonchev–Trinajstić information content (AvgIpc) is 2.53. The Morgan fingerprint density at radius 3 is 2.24 bits per heavy atom. The highest BCUT2D eigenvalue weighted by Crippen LogP contribution is 2.23. The molecule has 0 radical (unpaired) electrons. The van der Waals surface area contributed by atoms with Gasteiger partial charge in [-0.1, -0.05) is 54.6 Å². The molecule has 3 aromatic carbocycles. The average molecular weight is 297 g/mol. The molecule has 3 rings (SSSR count). The Labute approximate surface area is 124 Å². The van der Waals surface area contributed by atoms with Gasteiger partial charge in [-0.2, -0.15) is 0 Å². The summed E-state index contributed by atoms with van der Waals surface area (Å²) in [5.74, 6) is -0.120. The van der Waals surface area contributed by atoms with E-state index in [1.807, 2.05) is 60.7 Å². The lowest BCUT2D eigenvalue weighted by atomic mass is 10.1. The number of hydrogen-bond acceptors (Lipinski definition) is 3. The van der Waals surface area contributed by atoms with Crippen LogP contribution in [0.3, 0.4) is 0 Å². The minimum absolute atomic E-state index is 0.120. The molecule has 3 aromatic rings. The summed E-state index contributed by atoms with van der Waals surface area (Å²) >= 11 is 0. The van der Waals surface area contributed by atoms with Crippen molar-refractivity contribution >= 4 is 26.3 Å². The predicted molar refractivity (Wildman–Crippen MR) is 86.1 cm³/mol. The molecule has 0 saturated carbocycles. The van der Waals surface area contributed by atoms with Gasteiger partial charge in [-0.15, -0.1) is 0 Å². The summed E-state index contributed by atoms with van der Waals surface area (Å²) in [5.41, 5.74) is 0.793. The molecular formula is C17H15NO2S. The molecule has 0 amide bonds. The zero-order valence-electron chi connectivity index (χ0n) is 11.4. The standard InChI is InChI=1S/C17H15NO2S/c19-21(20,13-18-15-9-2-1-3-10-15)17-12-6-8-14-7-4-5-11-16(14)17/h1-12,18H,13H2. The van der Waals surface area contributed by atoms with Gasteiger partial charge in [0.15, 0.2) is 9.84 Å². The number of rotatable bonds is 4. The fraction of sp³-hybridized carbons (Fsp3) is 0.0588. The first kappa shape index (κ1) is 13.6. The number of para-hydroxylation sites is 1. The van der Waals surface area contributed by atoms with Crippen LogP contribution in [0.2, 0.25) is 0 Å². The summed E-state index contributed by atoms with van der Waals surface area (Å²) in [6.07, 6.45) is 0. The first-order chi connectivity index (χ1) is 10.2. The van der Waals surface area contributed by atoms with Crippen molar-refractivity contribution in [3.8, 4) is 0 Å². The van der Waals surface area contributed by atoms with Gasteiger partial charge in [0.2, 0.25) is 0 Å². The lowest BCUT2D eigenvalue weighted by Crippen LogP contribution is -2.15. The lowest BCUT2D eigenvalue weighted by molar-refractivity contribution is 0.598. The maximum atomic E-state index is 12.6. The Morgan fingerprint density at radius 2 is 1.43 bits per heavy atom.